The van der Waals surface area contributed by atoms with Crippen LogP contribution in [0.4, 0.5) is 4.79 Å². The lowest BCUT2D eigenvalue weighted by Crippen LogP contribution is -2.65. The van der Waals surface area contributed by atoms with Gasteiger partial charge in [0.2, 0.25) is 0 Å². The average Bonchev–Trinajstić information content (AvgIpc) is 3.34. The second-order valence-corrected chi connectivity index (χ2v) is 12.2. The van der Waals surface area contributed by atoms with E-state index in [9.17, 15) is 24.6 Å². The maximum absolute atomic E-state index is 13.6. The molecule has 1 fully saturated rings. The van der Waals surface area contributed by atoms with Crippen LogP contribution in [0, 0.1) is 0 Å². The Morgan fingerprint density at radius 1 is 0.809 bits per heavy atom. The van der Waals surface area contributed by atoms with Crippen molar-refractivity contribution < 1.29 is 43.5 Å². The van der Waals surface area contributed by atoms with Gasteiger partial charge >= 0.3 is 6.09 Å². The Kier molecular flexibility index (Phi) is 12.0. The highest BCUT2D eigenvalue weighted by Gasteiger charge is 2.55. The van der Waals surface area contributed by atoms with Gasteiger partial charge in [-0.3, -0.25) is 14.5 Å². The standard InChI is InChI=1S/C32H30Cl4N2O9/c33-22-20-21(23(34)25(36)24(22)35)30(42)38(29(20)41)26-28(40)27(39)19(16-44-14-17-8-3-1-4-9-17)47-31(26)45-13-7-12-37-32(43)46-15-18-10-5-2-6-11-18/h1-6,8-11,19,26-28,31,39-40H,7,12-16H2,(H,37,43)/t19-,26-,27-,28-,31-/m1/s1. The monoisotopic (exact) mass is 726 g/mol. The number of aliphatic hydroxyl groups excluding tert-OH is 2. The van der Waals surface area contributed by atoms with E-state index in [1.54, 1.807) is 0 Å². The van der Waals surface area contributed by atoms with Gasteiger partial charge in [0.25, 0.3) is 11.8 Å². The van der Waals surface area contributed by atoms with Crippen LogP contribution in [0.3, 0.4) is 0 Å². The summed E-state index contributed by atoms with van der Waals surface area (Å²) < 4.78 is 22.9. The normalized spacial score (nSPS) is 22.3. The first kappa shape index (κ1) is 35.3. The molecular formula is C32H30Cl4N2O9. The van der Waals surface area contributed by atoms with E-state index in [4.69, 9.17) is 65.4 Å². The molecule has 5 rings (SSSR count). The molecule has 2 aliphatic rings. The van der Waals surface area contributed by atoms with Gasteiger partial charge in [-0.15, -0.1) is 0 Å². The fourth-order valence-electron chi connectivity index (χ4n) is 5.21. The van der Waals surface area contributed by atoms with E-state index in [1.807, 2.05) is 60.7 Å². The van der Waals surface area contributed by atoms with Gasteiger partial charge in [0, 0.05) is 6.54 Å². The van der Waals surface area contributed by atoms with Gasteiger partial charge in [-0.1, -0.05) is 107 Å². The number of nitrogens with one attached hydrogen (secondary N) is 1. The molecule has 2 heterocycles. The van der Waals surface area contributed by atoms with Crippen LogP contribution in [-0.4, -0.2) is 83.4 Å². The number of fused-ring (bicyclic) bond motifs is 1. The van der Waals surface area contributed by atoms with Crippen molar-refractivity contribution in [3.05, 3.63) is 103 Å². The Morgan fingerprint density at radius 3 is 1.94 bits per heavy atom. The van der Waals surface area contributed by atoms with Crippen LogP contribution in [0.2, 0.25) is 20.1 Å². The van der Waals surface area contributed by atoms with Crippen LogP contribution in [-0.2, 0) is 32.2 Å². The summed E-state index contributed by atoms with van der Waals surface area (Å²) in [5, 5.41) is 24.0. The number of imide groups is 1. The molecule has 3 amide bonds. The highest BCUT2D eigenvalue weighted by molar-refractivity contribution is 6.55. The summed E-state index contributed by atoms with van der Waals surface area (Å²) >= 11 is 24.9. The molecule has 0 aliphatic carbocycles. The molecule has 3 N–H and O–H groups in total. The molecule has 3 aromatic carbocycles. The minimum atomic E-state index is -1.74. The van der Waals surface area contributed by atoms with E-state index in [0.29, 0.717) is 4.90 Å². The second kappa shape index (κ2) is 16.0. The van der Waals surface area contributed by atoms with Gasteiger partial charge in [0.15, 0.2) is 6.29 Å². The summed E-state index contributed by atoms with van der Waals surface area (Å²) in [5.41, 5.74) is 1.09. The summed E-state index contributed by atoms with van der Waals surface area (Å²) in [6, 6.07) is 16.9. The van der Waals surface area contributed by atoms with E-state index in [2.05, 4.69) is 5.32 Å². The van der Waals surface area contributed by atoms with Gasteiger partial charge in [0.05, 0.1) is 51.0 Å². The Morgan fingerprint density at radius 2 is 1.36 bits per heavy atom. The third-order valence-electron chi connectivity index (χ3n) is 7.58. The first-order valence-electron chi connectivity index (χ1n) is 14.5. The van der Waals surface area contributed by atoms with Crippen LogP contribution in [0.1, 0.15) is 38.3 Å². The van der Waals surface area contributed by atoms with Gasteiger partial charge in [-0.25, -0.2) is 4.79 Å². The van der Waals surface area contributed by atoms with Crippen LogP contribution in [0.15, 0.2) is 60.7 Å². The maximum atomic E-state index is 13.6. The number of hydrogen-bond donors (Lipinski definition) is 3. The minimum absolute atomic E-state index is 0.0527. The molecule has 0 saturated carbocycles. The molecule has 5 atom stereocenters. The van der Waals surface area contributed by atoms with Crippen LogP contribution in [0.5, 0.6) is 0 Å². The van der Waals surface area contributed by atoms with Gasteiger partial charge in [-0.2, -0.15) is 0 Å². The summed E-state index contributed by atoms with van der Waals surface area (Å²) in [6.45, 7) is 0.234. The first-order chi connectivity index (χ1) is 22.6. The lowest BCUT2D eigenvalue weighted by atomic mass is 9.95. The SMILES string of the molecule is O=C(NCCCO[C@@H]1O[C@H](COCc2ccccc2)[C@@H](O)[C@H](O)[C@H]1N1C(=O)c2c(Cl)c(Cl)c(Cl)c(Cl)c2C1=O)OCc1ccccc1. The molecule has 1 saturated heterocycles. The fraction of sp³-hybridized carbons (Fsp3) is 0.344. The summed E-state index contributed by atoms with van der Waals surface area (Å²) in [5.74, 6) is -1.88. The lowest BCUT2D eigenvalue weighted by Gasteiger charge is -2.45. The summed E-state index contributed by atoms with van der Waals surface area (Å²) in [4.78, 5) is 40.1. The molecule has 3 aromatic rings. The number of carbonyl (C=O) groups is 3. The third-order valence-corrected chi connectivity index (χ3v) is 9.38. The molecule has 0 aromatic heterocycles. The van der Waals surface area contributed by atoms with Gasteiger partial charge in [-0.05, 0) is 17.5 Å². The highest BCUT2D eigenvalue weighted by atomic mass is 35.5. The highest BCUT2D eigenvalue weighted by Crippen LogP contribution is 2.46. The second-order valence-electron chi connectivity index (χ2n) is 10.7. The smallest absolute Gasteiger partial charge is 0.407 e. The number of hydrogen-bond acceptors (Lipinski definition) is 9. The molecular weight excluding hydrogens is 698 g/mol. The van der Waals surface area contributed by atoms with E-state index >= 15 is 0 Å². The topological polar surface area (TPSA) is 144 Å². The molecule has 0 unspecified atom stereocenters. The van der Waals surface area contributed by atoms with E-state index in [1.165, 1.54) is 0 Å². The van der Waals surface area contributed by atoms with Crippen molar-refractivity contribution in [1.29, 1.82) is 0 Å². The Labute approximate surface area is 290 Å². The summed E-state index contributed by atoms with van der Waals surface area (Å²) in [6.07, 6.45) is -6.25. The Bertz CT molecular complexity index is 1550. The van der Waals surface area contributed by atoms with Crippen LogP contribution in [0.25, 0.3) is 0 Å². The zero-order valence-corrected chi connectivity index (χ0v) is 27.6. The molecule has 0 bridgehead atoms. The number of benzene rings is 3. The van der Waals surface area contributed by atoms with Crippen molar-refractivity contribution in [2.75, 3.05) is 19.8 Å². The summed E-state index contributed by atoms with van der Waals surface area (Å²) in [7, 11) is 0. The van der Waals surface area contributed by atoms with Crippen LogP contribution < -0.4 is 5.32 Å². The molecule has 11 nitrogen and oxygen atoms in total. The molecule has 15 heteroatoms. The fourth-order valence-corrected chi connectivity index (χ4v) is 6.22. The number of halogens is 4. The number of nitrogens with zero attached hydrogens (tertiary/aromatic N) is 1. The Balaban J connectivity index is 1.27. The maximum Gasteiger partial charge on any atom is 0.407 e. The molecule has 2 aliphatic heterocycles. The first-order valence-corrected chi connectivity index (χ1v) is 16.0. The number of rotatable bonds is 12. The number of ether oxygens (including phenoxy) is 4. The third kappa shape index (κ3) is 7.86. The zero-order chi connectivity index (χ0) is 33.7. The lowest BCUT2D eigenvalue weighted by molar-refractivity contribution is -0.282. The van der Waals surface area contributed by atoms with Crippen molar-refractivity contribution >= 4 is 64.3 Å². The van der Waals surface area contributed by atoms with E-state index in [-0.39, 0.29) is 70.6 Å². The number of amides is 3. The quantitative estimate of drug-likeness (QED) is 0.0985. The van der Waals surface area contributed by atoms with Crippen LogP contribution >= 0.6 is 46.4 Å². The van der Waals surface area contributed by atoms with Crippen molar-refractivity contribution in [2.24, 2.45) is 0 Å². The largest absolute Gasteiger partial charge is 0.445 e. The predicted octanol–water partition coefficient (Wildman–Crippen LogP) is 5.26. The van der Waals surface area contributed by atoms with Crippen molar-refractivity contribution in [2.45, 2.75) is 50.3 Å². The molecule has 47 heavy (non-hydrogen) atoms. The molecule has 0 spiro atoms. The Hall–Kier alpha value is -2.97. The number of alkyl carbamates (subject to hydrolysis) is 1. The van der Waals surface area contributed by atoms with Crippen molar-refractivity contribution in [3.8, 4) is 0 Å². The minimum Gasteiger partial charge on any atom is -0.445 e. The van der Waals surface area contributed by atoms with Crippen molar-refractivity contribution in [1.82, 2.24) is 10.2 Å². The van der Waals surface area contributed by atoms with E-state index < -0.39 is 48.6 Å². The van der Waals surface area contributed by atoms with Gasteiger partial charge in [0.1, 0.15) is 31.0 Å². The average molecular weight is 728 g/mol. The number of aliphatic hydroxyl groups is 2. The zero-order valence-electron chi connectivity index (χ0n) is 24.6. The molecule has 0 radical (unpaired) electrons. The van der Waals surface area contributed by atoms with Gasteiger partial charge < -0.3 is 34.5 Å². The molecule has 250 valence electrons. The van der Waals surface area contributed by atoms with E-state index in [0.717, 1.165) is 11.1 Å². The number of carbonyl (C=O) groups excluding carboxylic acids is 3. The predicted molar refractivity (Wildman–Crippen MR) is 173 cm³/mol. The van der Waals surface area contributed by atoms with Crippen molar-refractivity contribution in [3.63, 3.8) is 0 Å².